The summed E-state index contributed by atoms with van der Waals surface area (Å²) in [5.74, 6) is 0.338. The van der Waals surface area contributed by atoms with Crippen LogP contribution in [0.4, 0.5) is 4.39 Å². The molecule has 0 spiro atoms. The molecule has 0 bridgehead atoms. The Morgan fingerprint density at radius 1 is 1.35 bits per heavy atom. The molecule has 0 aliphatic carbocycles. The second-order valence-electron chi connectivity index (χ2n) is 4.82. The lowest BCUT2D eigenvalue weighted by molar-refractivity contribution is 0.230. The molecule has 1 heterocycles. The molecule has 17 heavy (non-hydrogen) atoms. The number of nitrogens with zero attached hydrogens (tertiary/aromatic N) is 1. The molecule has 2 N–H and O–H groups in total. The molecule has 0 amide bonds. The second kappa shape index (κ2) is 5.61. The van der Waals surface area contributed by atoms with Gasteiger partial charge in [-0.15, -0.1) is 0 Å². The molecule has 0 radical (unpaired) electrons. The summed E-state index contributed by atoms with van der Waals surface area (Å²) in [5.41, 5.74) is 7.05. The third kappa shape index (κ3) is 2.67. The van der Waals surface area contributed by atoms with Crippen LogP contribution in [0.15, 0.2) is 24.3 Å². The fourth-order valence-corrected chi connectivity index (χ4v) is 2.85. The van der Waals surface area contributed by atoms with E-state index < -0.39 is 0 Å². The summed E-state index contributed by atoms with van der Waals surface area (Å²) < 4.78 is 13.0. The van der Waals surface area contributed by atoms with Crippen molar-refractivity contribution in [1.82, 2.24) is 4.90 Å². The van der Waals surface area contributed by atoms with Crippen molar-refractivity contribution in [2.24, 2.45) is 11.7 Å². The highest BCUT2D eigenvalue weighted by Gasteiger charge is 2.33. The summed E-state index contributed by atoms with van der Waals surface area (Å²) in [6, 6.07) is 7.27. The molecule has 94 valence electrons. The van der Waals surface area contributed by atoms with E-state index in [1.165, 1.54) is 5.56 Å². The highest BCUT2D eigenvalue weighted by atomic mass is 19.1. The first-order chi connectivity index (χ1) is 8.26. The number of hydrogen-bond donors (Lipinski definition) is 1. The van der Waals surface area contributed by atoms with Crippen LogP contribution in [-0.4, -0.2) is 24.5 Å². The van der Waals surface area contributed by atoms with Gasteiger partial charge < -0.3 is 5.73 Å². The van der Waals surface area contributed by atoms with Crippen LogP contribution in [0.5, 0.6) is 0 Å². The van der Waals surface area contributed by atoms with E-state index in [0.717, 1.165) is 25.9 Å². The zero-order valence-corrected chi connectivity index (χ0v) is 10.4. The molecule has 1 aromatic carbocycles. The van der Waals surface area contributed by atoms with E-state index >= 15 is 0 Å². The lowest BCUT2D eigenvalue weighted by Gasteiger charge is -2.28. The topological polar surface area (TPSA) is 29.3 Å². The van der Waals surface area contributed by atoms with E-state index in [1.54, 1.807) is 12.1 Å². The number of hydrogen-bond acceptors (Lipinski definition) is 2. The zero-order chi connectivity index (χ0) is 12.3. The molecule has 2 unspecified atom stereocenters. The highest BCUT2D eigenvalue weighted by molar-refractivity contribution is 5.22. The third-order valence-corrected chi connectivity index (χ3v) is 3.65. The molecular formula is C14H21FN2. The van der Waals surface area contributed by atoms with Crippen LogP contribution in [0, 0.1) is 11.7 Å². The first-order valence-electron chi connectivity index (χ1n) is 6.45. The van der Waals surface area contributed by atoms with Crippen molar-refractivity contribution in [1.29, 1.82) is 0 Å². The molecule has 1 aliphatic rings. The summed E-state index contributed by atoms with van der Waals surface area (Å²) in [4.78, 5) is 2.48. The first kappa shape index (κ1) is 12.5. The van der Waals surface area contributed by atoms with Crippen molar-refractivity contribution in [3.05, 3.63) is 35.6 Å². The molecule has 1 saturated heterocycles. The lowest BCUT2D eigenvalue weighted by Crippen LogP contribution is -2.28. The minimum atomic E-state index is -0.168. The summed E-state index contributed by atoms with van der Waals surface area (Å²) in [6.45, 7) is 5.11. The summed E-state index contributed by atoms with van der Waals surface area (Å²) in [5, 5.41) is 0. The number of nitrogens with two attached hydrogens (primary N) is 1. The third-order valence-electron chi connectivity index (χ3n) is 3.65. The first-order valence-corrected chi connectivity index (χ1v) is 6.45. The fourth-order valence-electron chi connectivity index (χ4n) is 2.85. The van der Waals surface area contributed by atoms with E-state index in [4.69, 9.17) is 5.73 Å². The van der Waals surface area contributed by atoms with Gasteiger partial charge in [0.25, 0.3) is 0 Å². The normalized spacial score (nSPS) is 25.4. The quantitative estimate of drug-likeness (QED) is 0.870. The van der Waals surface area contributed by atoms with Crippen molar-refractivity contribution in [3.8, 4) is 0 Å². The van der Waals surface area contributed by atoms with Crippen molar-refractivity contribution >= 4 is 0 Å². The molecule has 3 heteroatoms. The maximum Gasteiger partial charge on any atom is 0.123 e. The van der Waals surface area contributed by atoms with Crippen LogP contribution in [0.3, 0.4) is 0 Å². The molecule has 2 nitrogen and oxygen atoms in total. The van der Waals surface area contributed by atoms with Crippen LogP contribution < -0.4 is 5.73 Å². The molecular weight excluding hydrogens is 215 g/mol. The fraction of sp³-hybridized carbons (Fsp3) is 0.571. The summed E-state index contributed by atoms with van der Waals surface area (Å²) in [7, 11) is 0. The van der Waals surface area contributed by atoms with Gasteiger partial charge in [-0.1, -0.05) is 19.1 Å². The molecule has 1 aliphatic heterocycles. The van der Waals surface area contributed by atoms with Gasteiger partial charge in [-0.3, -0.25) is 4.90 Å². The molecule has 0 saturated carbocycles. The molecule has 0 aromatic heterocycles. The Labute approximate surface area is 103 Å². The maximum atomic E-state index is 13.0. The summed E-state index contributed by atoms with van der Waals surface area (Å²) in [6.07, 6.45) is 2.30. The predicted octanol–water partition coefficient (Wildman–Crippen LogP) is 2.56. The predicted molar refractivity (Wildman–Crippen MR) is 68.2 cm³/mol. The number of benzene rings is 1. The molecule has 2 atom stereocenters. The second-order valence-corrected chi connectivity index (χ2v) is 4.82. The van der Waals surface area contributed by atoms with Crippen molar-refractivity contribution < 1.29 is 4.39 Å². The molecule has 2 rings (SSSR count). The smallest absolute Gasteiger partial charge is 0.123 e. The van der Waals surface area contributed by atoms with Crippen LogP contribution in [0.25, 0.3) is 0 Å². The van der Waals surface area contributed by atoms with E-state index in [-0.39, 0.29) is 5.82 Å². The highest BCUT2D eigenvalue weighted by Crippen LogP contribution is 2.36. The van der Waals surface area contributed by atoms with E-state index in [9.17, 15) is 4.39 Å². The minimum Gasteiger partial charge on any atom is -0.330 e. The molecule has 1 fully saturated rings. The Kier molecular flexibility index (Phi) is 4.13. The van der Waals surface area contributed by atoms with Crippen LogP contribution in [0.1, 0.15) is 31.4 Å². The number of likely N-dealkylation sites (tertiary alicyclic amines) is 1. The van der Waals surface area contributed by atoms with Gasteiger partial charge >= 0.3 is 0 Å². The van der Waals surface area contributed by atoms with Gasteiger partial charge in [0.05, 0.1) is 0 Å². The van der Waals surface area contributed by atoms with Crippen LogP contribution >= 0.6 is 0 Å². The van der Waals surface area contributed by atoms with E-state index in [2.05, 4.69) is 11.8 Å². The Morgan fingerprint density at radius 3 is 2.65 bits per heavy atom. The van der Waals surface area contributed by atoms with Gasteiger partial charge in [0.1, 0.15) is 5.82 Å². The lowest BCUT2D eigenvalue weighted by atomic mass is 9.94. The summed E-state index contributed by atoms with van der Waals surface area (Å²) >= 11 is 0. The average molecular weight is 236 g/mol. The van der Waals surface area contributed by atoms with Crippen LogP contribution in [0.2, 0.25) is 0 Å². The monoisotopic (exact) mass is 236 g/mol. The van der Waals surface area contributed by atoms with E-state index in [0.29, 0.717) is 18.5 Å². The zero-order valence-electron chi connectivity index (χ0n) is 10.4. The molecule has 1 aromatic rings. The van der Waals surface area contributed by atoms with Crippen LogP contribution in [-0.2, 0) is 0 Å². The van der Waals surface area contributed by atoms with Gasteiger partial charge in [0.15, 0.2) is 0 Å². The van der Waals surface area contributed by atoms with E-state index in [1.807, 2.05) is 12.1 Å². The Bertz CT molecular complexity index is 350. The van der Waals surface area contributed by atoms with Gasteiger partial charge in [0.2, 0.25) is 0 Å². The van der Waals surface area contributed by atoms with Crippen molar-refractivity contribution in [2.75, 3.05) is 19.6 Å². The number of halogens is 1. The van der Waals surface area contributed by atoms with Gasteiger partial charge in [-0.2, -0.15) is 0 Å². The van der Waals surface area contributed by atoms with Crippen molar-refractivity contribution in [2.45, 2.75) is 25.8 Å². The number of rotatable bonds is 4. The SMILES string of the molecule is CCCN1CCC(CN)C1c1ccc(F)cc1. The largest absolute Gasteiger partial charge is 0.330 e. The minimum absolute atomic E-state index is 0.168. The van der Waals surface area contributed by atoms with Gasteiger partial charge in [-0.25, -0.2) is 4.39 Å². The Hall–Kier alpha value is -0.930. The Morgan fingerprint density at radius 2 is 2.06 bits per heavy atom. The van der Waals surface area contributed by atoms with Gasteiger partial charge in [0, 0.05) is 6.04 Å². The Balaban J connectivity index is 2.21. The maximum absolute atomic E-state index is 13.0. The standard InChI is InChI=1S/C14H21FN2/c1-2-8-17-9-7-12(10-16)14(17)11-3-5-13(15)6-4-11/h3-6,12,14H,2,7-10,16H2,1H3. The van der Waals surface area contributed by atoms with Crippen molar-refractivity contribution in [3.63, 3.8) is 0 Å². The van der Waals surface area contributed by atoms with Gasteiger partial charge in [-0.05, 0) is 56.1 Å². The average Bonchev–Trinajstić information content (AvgIpc) is 2.74.